The van der Waals surface area contributed by atoms with Crippen molar-refractivity contribution in [1.82, 2.24) is 25.1 Å². The van der Waals surface area contributed by atoms with Crippen LogP contribution in [0.2, 0.25) is 5.02 Å². The van der Waals surface area contributed by atoms with E-state index in [1.54, 1.807) is 42.3 Å². The van der Waals surface area contributed by atoms with Crippen LogP contribution in [0.1, 0.15) is 34.5 Å². The Balaban J connectivity index is 1.25. The first-order valence-corrected chi connectivity index (χ1v) is 13.1. The van der Waals surface area contributed by atoms with E-state index in [1.807, 2.05) is 12.1 Å². The minimum Gasteiger partial charge on any atom is -0.497 e. The number of rotatable bonds is 9. The molecule has 3 amide bonds. The Hall–Kier alpha value is -4.22. The fourth-order valence-corrected chi connectivity index (χ4v) is 4.99. The Morgan fingerprint density at radius 3 is 2.75 bits per heavy atom. The molecule has 12 heteroatoms. The van der Waals surface area contributed by atoms with Gasteiger partial charge in [-0.25, -0.2) is 9.97 Å². The molecule has 3 aromatic rings. The molecule has 1 saturated heterocycles. The van der Waals surface area contributed by atoms with Gasteiger partial charge in [0, 0.05) is 37.7 Å². The predicted octanol–water partition coefficient (Wildman–Crippen LogP) is 2.25. The molecule has 0 spiro atoms. The summed E-state index contributed by atoms with van der Waals surface area (Å²) in [4.78, 5) is 49.5. The molecule has 11 nitrogen and oxygen atoms in total. The largest absolute Gasteiger partial charge is 0.497 e. The molecule has 2 aliphatic rings. The Kier molecular flexibility index (Phi) is 7.85. The minimum absolute atomic E-state index is 0.0233. The van der Waals surface area contributed by atoms with Gasteiger partial charge >= 0.3 is 0 Å². The van der Waals surface area contributed by atoms with Gasteiger partial charge in [-0.05, 0) is 29.3 Å². The first kappa shape index (κ1) is 27.4. The third kappa shape index (κ3) is 5.70. The van der Waals surface area contributed by atoms with Crippen LogP contribution >= 0.6 is 11.6 Å². The summed E-state index contributed by atoms with van der Waals surface area (Å²) in [6.45, 7) is 2.50. The number of hydrogen-bond donors (Lipinski definition) is 3. The fraction of sp³-hybridized carbons (Fsp3) is 0.321. The summed E-state index contributed by atoms with van der Waals surface area (Å²) in [6.07, 6.45) is 1.50. The van der Waals surface area contributed by atoms with Crippen molar-refractivity contribution in [1.29, 1.82) is 0 Å². The van der Waals surface area contributed by atoms with E-state index in [0.717, 1.165) is 5.56 Å². The van der Waals surface area contributed by atoms with E-state index in [0.29, 0.717) is 52.2 Å². The van der Waals surface area contributed by atoms with E-state index < -0.39 is 11.9 Å². The third-order valence-corrected chi connectivity index (χ3v) is 7.29. The van der Waals surface area contributed by atoms with Crippen molar-refractivity contribution in [2.45, 2.75) is 25.6 Å². The monoisotopic (exact) mass is 564 g/mol. The number of carbonyl (C=O) groups excluding carboxylic acids is 3. The SMILES string of the molecule is COc1cccc(C(CO)NC(=O)CN2Cc3ccc(-c4nc(NC5CN(C(C)=O)C5)ncc4Cl)cc3C2=O)c1. The Morgan fingerprint density at radius 2 is 2.02 bits per heavy atom. The number of methoxy groups -OCH3 is 1. The van der Waals surface area contributed by atoms with Crippen molar-refractivity contribution in [3.05, 3.63) is 70.4 Å². The number of amides is 3. The molecule has 1 aromatic heterocycles. The van der Waals surface area contributed by atoms with Gasteiger partial charge in [0.05, 0.1) is 42.7 Å². The number of ether oxygens (including phenoxy) is 1. The summed E-state index contributed by atoms with van der Waals surface area (Å²) in [5.74, 6) is 0.344. The number of carbonyl (C=O) groups is 3. The quantitative estimate of drug-likeness (QED) is 0.360. The van der Waals surface area contributed by atoms with Gasteiger partial charge in [0.15, 0.2) is 0 Å². The van der Waals surface area contributed by atoms with Crippen LogP contribution < -0.4 is 15.4 Å². The van der Waals surface area contributed by atoms with Crippen molar-refractivity contribution in [3.63, 3.8) is 0 Å². The number of hydrogen-bond acceptors (Lipinski definition) is 8. The molecule has 1 unspecified atom stereocenters. The van der Waals surface area contributed by atoms with Gasteiger partial charge in [-0.1, -0.05) is 35.9 Å². The highest BCUT2D eigenvalue weighted by atomic mass is 35.5. The van der Waals surface area contributed by atoms with Crippen LogP contribution in [0, 0.1) is 0 Å². The van der Waals surface area contributed by atoms with Gasteiger partial charge < -0.3 is 30.3 Å². The maximum Gasteiger partial charge on any atom is 0.254 e. The zero-order chi connectivity index (χ0) is 28.4. The first-order chi connectivity index (χ1) is 19.2. The highest BCUT2D eigenvalue weighted by Gasteiger charge is 2.31. The van der Waals surface area contributed by atoms with Crippen LogP contribution in [-0.4, -0.2) is 82.0 Å². The second-order valence-electron chi connectivity index (χ2n) is 9.77. The maximum absolute atomic E-state index is 13.2. The summed E-state index contributed by atoms with van der Waals surface area (Å²) in [6, 6.07) is 11.9. The van der Waals surface area contributed by atoms with E-state index in [-0.39, 0.29) is 37.6 Å². The smallest absolute Gasteiger partial charge is 0.254 e. The molecular formula is C28H29ClN6O5. The number of benzene rings is 2. The van der Waals surface area contributed by atoms with Gasteiger partial charge in [0.1, 0.15) is 12.3 Å². The molecule has 0 bridgehead atoms. The average molecular weight is 565 g/mol. The number of aromatic nitrogens is 2. The summed E-state index contributed by atoms with van der Waals surface area (Å²) >= 11 is 6.41. The third-order valence-electron chi connectivity index (χ3n) is 7.01. The Bertz CT molecular complexity index is 1460. The lowest BCUT2D eigenvalue weighted by Crippen LogP contribution is -2.56. The van der Waals surface area contributed by atoms with Crippen LogP contribution in [-0.2, 0) is 16.1 Å². The van der Waals surface area contributed by atoms with Crippen LogP contribution in [0.4, 0.5) is 5.95 Å². The number of aliphatic hydroxyl groups excluding tert-OH is 1. The highest BCUT2D eigenvalue weighted by Crippen LogP contribution is 2.32. The normalized spacial score (nSPS) is 15.3. The molecule has 3 N–H and O–H groups in total. The molecule has 0 saturated carbocycles. The number of halogens is 1. The fourth-order valence-electron chi connectivity index (χ4n) is 4.79. The van der Waals surface area contributed by atoms with Crippen LogP contribution in [0.3, 0.4) is 0 Å². The van der Waals surface area contributed by atoms with Crippen molar-refractivity contribution in [3.8, 4) is 17.0 Å². The number of nitrogens with zero attached hydrogens (tertiary/aromatic N) is 4. The molecule has 2 aliphatic heterocycles. The van der Waals surface area contributed by atoms with Crippen molar-refractivity contribution < 1.29 is 24.2 Å². The Morgan fingerprint density at radius 1 is 1.23 bits per heavy atom. The summed E-state index contributed by atoms with van der Waals surface area (Å²) < 4.78 is 5.22. The zero-order valence-corrected chi connectivity index (χ0v) is 22.8. The van der Waals surface area contributed by atoms with Gasteiger partial charge in [-0.15, -0.1) is 0 Å². The lowest BCUT2D eigenvalue weighted by molar-refractivity contribution is -0.132. The van der Waals surface area contributed by atoms with Gasteiger partial charge in [-0.3, -0.25) is 14.4 Å². The first-order valence-electron chi connectivity index (χ1n) is 12.8. The molecule has 0 aliphatic carbocycles. The molecule has 3 heterocycles. The molecular weight excluding hydrogens is 536 g/mol. The second-order valence-corrected chi connectivity index (χ2v) is 10.2. The van der Waals surface area contributed by atoms with E-state index in [1.165, 1.54) is 18.0 Å². The van der Waals surface area contributed by atoms with Crippen LogP contribution in [0.5, 0.6) is 5.75 Å². The van der Waals surface area contributed by atoms with Crippen LogP contribution in [0.15, 0.2) is 48.7 Å². The molecule has 2 aromatic carbocycles. The topological polar surface area (TPSA) is 137 Å². The lowest BCUT2D eigenvalue weighted by Gasteiger charge is -2.38. The maximum atomic E-state index is 13.2. The summed E-state index contributed by atoms with van der Waals surface area (Å²) in [5, 5.41) is 16.2. The average Bonchev–Trinajstić information content (AvgIpc) is 3.23. The van der Waals surface area contributed by atoms with Crippen molar-refractivity contribution >= 4 is 35.3 Å². The lowest BCUT2D eigenvalue weighted by atomic mass is 10.0. The number of anilines is 1. The minimum atomic E-state index is -0.637. The Labute approximate surface area is 236 Å². The number of likely N-dealkylation sites (tertiary alicyclic amines) is 1. The van der Waals surface area contributed by atoms with Gasteiger partial charge in [0.25, 0.3) is 5.91 Å². The van der Waals surface area contributed by atoms with E-state index >= 15 is 0 Å². The molecule has 1 fully saturated rings. The van der Waals surface area contributed by atoms with Gasteiger partial charge in [-0.2, -0.15) is 0 Å². The van der Waals surface area contributed by atoms with Crippen molar-refractivity contribution in [2.24, 2.45) is 0 Å². The number of nitrogens with one attached hydrogen (secondary N) is 2. The zero-order valence-electron chi connectivity index (χ0n) is 22.1. The number of fused-ring (bicyclic) bond motifs is 1. The number of aliphatic hydroxyl groups is 1. The highest BCUT2D eigenvalue weighted by molar-refractivity contribution is 6.33. The van der Waals surface area contributed by atoms with Crippen LogP contribution in [0.25, 0.3) is 11.3 Å². The van der Waals surface area contributed by atoms with Gasteiger partial charge in [0.2, 0.25) is 17.8 Å². The molecule has 40 heavy (non-hydrogen) atoms. The summed E-state index contributed by atoms with van der Waals surface area (Å²) in [5.41, 5.74) is 3.07. The van der Waals surface area contributed by atoms with E-state index in [2.05, 4.69) is 20.6 Å². The molecule has 5 rings (SSSR count). The summed E-state index contributed by atoms with van der Waals surface area (Å²) in [7, 11) is 1.54. The molecule has 208 valence electrons. The second kappa shape index (κ2) is 11.5. The van der Waals surface area contributed by atoms with Crippen molar-refractivity contribution in [2.75, 3.05) is 38.7 Å². The van der Waals surface area contributed by atoms with E-state index in [4.69, 9.17) is 16.3 Å². The predicted molar refractivity (Wildman–Crippen MR) is 148 cm³/mol. The molecule has 1 atom stereocenters. The standard InChI is InChI=1S/C28H29ClN6O5/c1-16(37)34-12-20(13-34)31-28-30-10-23(29)26(33-28)18-6-7-19-11-35(27(39)22(19)9-18)14-25(38)32-24(15-36)17-4-3-5-21(8-17)40-2/h3-10,20,24,36H,11-15H2,1-2H3,(H,32,38)(H,30,31,33). The van der Waals surface area contributed by atoms with E-state index in [9.17, 15) is 19.5 Å². The molecule has 0 radical (unpaired) electrons.